The average Bonchev–Trinajstić information content (AvgIpc) is 2.95. The minimum absolute atomic E-state index is 0.278. The first-order valence-corrected chi connectivity index (χ1v) is 8.24. The molecule has 0 bridgehead atoms. The number of benzene rings is 2. The summed E-state index contributed by atoms with van der Waals surface area (Å²) in [5.74, 6) is 2.72. The lowest BCUT2D eigenvalue weighted by molar-refractivity contribution is 0.174. The Labute approximate surface area is 132 Å². The van der Waals surface area contributed by atoms with Crippen molar-refractivity contribution in [3.63, 3.8) is 0 Å². The van der Waals surface area contributed by atoms with E-state index in [9.17, 15) is 0 Å². The second-order valence-electron chi connectivity index (χ2n) is 5.08. The number of ether oxygens (including phenoxy) is 2. The predicted molar refractivity (Wildman–Crippen MR) is 85.7 cm³/mol. The van der Waals surface area contributed by atoms with Crippen molar-refractivity contribution in [1.29, 1.82) is 0 Å². The van der Waals surface area contributed by atoms with Gasteiger partial charge in [-0.3, -0.25) is 0 Å². The molecule has 1 unspecified atom stereocenters. The van der Waals surface area contributed by atoms with Gasteiger partial charge in [0.2, 0.25) is 6.79 Å². The fourth-order valence-corrected chi connectivity index (χ4v) is 3.99. The van der Waals surface area contributed by atoms with Gasteiger partial charge in [-0.25, -0.2) is 0 Å². The summed E-state index contributed by atoms with van der Waals surface area (Å²) in [5, 5.41) is 4.37. The Bertz CT molecular complexity index is 692. The summed E-state index contributed by atoms with van der Waals surface area (Å²) < 4.78 is 10.8. The summed E-state index contributed by atoms with van der Waals surface area (Å²) in [6.07, 6.45) is 1.08. The number of rotatable bonds is 2. The van der Waals surface area contributed by atoms with Crippen LogP contribution >= 0.6 is 23.4 Å². The van der Waals surface area contributed by atoms with Gasteiger partial charge in [0.15, 0.2) is 11.5 Å². The molecule has 0 radical (unpaired) electrons. The van der Waals surface area contributed by atoms with Gasteiger partial charge in [0, 0.05) is 27.4 Å². The minimum atomic E-state index is 0.278. The molecule has 2 aromatic carbocycles. The molecule has 2 heterocycles. The highest BCUT2D eigenvalue weighted by Crippen LogP contribution is 2.40. The lowest BCUT2D eigenvalue weighted by Crippen LogP contribution is -2.16. The van der Waals surface area contributed by atoms with E-state index in [2.05, 4.69) is 17.4 Å². The Kier molecular flexibility index (Phi) is 3.36. The summed E-state index contributed by atoms with van der Waals surface area (Å²) >= 11 is 8.04. The summed E-state index contributed by atoms with van der Waals surface area (Å²) in [4.78, 5) is 1.31. The number of thioether (sulfide) groups is 1. The number of hydrogen-bond donors (Lipinski definition) is 1. The molecule has 0 fully saturated rings. The largest absolute Gasteiger partial charge is 0.454 e. The van der Waals surface area contributed by atoms with Crippen molar-refractivity contribution in [3.05, 3.63) is 47.0 Å². The van der Waals surface area contributed by atoms with E-state index < -0.39 is 0 Å². The SMILES string of the molecule is Clc1ccc2c(c1)C(Nc1ccc3c(c1)OCO3)CCS2. The van der Waals surface area contributed by atoms with Crippen LogP contribution in [0.25, 0.3) is 0 Å². The van der Waals surface area contributed by atoms with Crippen LogP contribution in [0, 0.1) is 0 Å². The maximum absolute atomic E-state index is 6.15. The molecule has 21 heavy (non-hydrogen) atoms. The fourth-order valence-electron chi connectivity index (χ4n) is 2.70. The lowest BCUT2D eigenvalue weighted by atomic mass is 10.0. The molecule has 3 nitrogen and oxygen atoms in total. The maximum Gasteiger partial charge on any atom is 0.231 e. The number of nitrogens with one attached hydrogen (secondary N) is 1. The van der Waals surface area contributed by atoms with E-state index in [-0.39, 0.29) is 6.04 Å². The van der Waals surface area contributed by atoms with Gasteiger partial charge in [0.05, 0.1) is 6.04 Å². The Hall–Kier alpha value is -1.52. The molecule has 4 rings (SSSR count). The van der Waals surface area contributed by atoms with E-state index in [1.807, 2.05) is 36.0 Å². The third-order valence-electron chi connectivity index (χ3n) is 3.72. The fraction of sp³-hybridized carbons (Fsp3) is 0.250. The Balaban J connectivity index is 1.62. The van der Waals surface area contributed by atoms with Crippen LogP contribution in [0.1, 0.15) is 18.0 Å². The van der Waals surface area contributed by atoms with E-state index in [1.54, 1.807) is 0 Å². The van der Waals surface area contributed by atoms with Crippen LogP contribution in [-0.2, 0) is 0 Å². The molecule has 0 saturated carbocycles. The Morgan fingerprint density at radius 2 is 2.00 bits per heavy atom. The molecule has 0 aromatic heterocycles. The van der Waals surface area contributed by atoms with Crippen molar-refractivity contribution in [2.75, 3.05) is 17.9 Å². The summed E-state index contributed by atoms with van der Waals surface area (Å²) in [6, 6.07) is 12.4. The van der Waals surface area contributed by atoms with Crippen LogP contribution in [0.5, 0.6) is 11.5 Å². The van der Waals surface area contributed by atoms with Crippen molar-refractivity contribution in [2.45, 2.75) is 17.4 Å². The zero-order valence-corrected chi connectivity index (χ0v) is 12.8. The van der Waals surface area contributed by atoms with Crippen LogP contribution in [0.15, 0.2) is 41.3 Å². The first kappa shape index (κ1) is 13.2. The lowest BCUT2D eigenvalue weighted by Gasteiger charge is -2.27. The zero-order chi connectivity index (χ0) is 14.2. The highest BCUT2D eigenvalue weighted by atomic mass is 35.5. The highest BCUT2D eigenvalue weighted by Gasteiger charge is 2.22. The van der Waals surface area contributed by atoms with Crippen LogP contribution in [0.4, 0.5) is 5.69 Å². The topological polar surface area (TPSA) is 30.5 Å². The van der Waals surface area contributed by atoms with Crippen LogP contribution in [0.2, 0.25) is 5.02 Å². The molecule has 108 valence electrons. The average molecular weight is 320 g/mol. The Morgan fingerprint density at radius 1 is 1.10 bits per heavy atom. The third kappa shape index (κ3) is 2.54. The quantitative estimate of drug-likeness (QED) is 0.867. The number of hydrogen-bond acceptors (Lipinski definition) is 4. The monoisotopic (exact) mass is 319 g/mol. The summed E-state index contributed by atoms with van der Waals surface area (Å²) in [6.45, 7) is 0.303. The Morgan fingerprint density at radius 3 is 2.95 bits per heavy atom. The van der Waals surface area contributed by atoms with Crippen LogP contribution < -0.4 is 14.8 Å². The molecule has 2 aromatic rings. The molecule has 2 aliphatic heterocycles. The van der Waals surface area contributed by atoms with E-state index >= 15 is 0 Å². The first-order chi connectivity index (χ1) is 10.3. The van der Waals surface area contributed by atoms with Gasteiger partial charge >= 0.3 is 0 Å². The third-order valence-corrected chi connectivity index (χ3v) is 5.08. The van der Waals surface area contributed by atoms with Crippen molar-refractivity contribution in [3.8, 4) is 11.5 Å². The van der Waals surface area contributed by atoms with E-state index in [4.69, 9.17) is 21.1 Å². The molecule has 0 saturated heterocycles. The molecular formula is C16H14ClNO2S. The van der Waals surface area contributed by atoms with E-state index in [0.29, 0.717) is 6.79 Å². The van der Waals surface area contributed by atoms with Crippen molar-refractivity contribution in [2.24, 2.45) is 0 Å². The smallest absolute Gasteiger partial charge is 0.231 e. The highest BCUT2D eigenvalue weighted by molar-refractivity contribution is 7.99. The number of anilines is 1. The second kappa shape index (κ2) is 5.35. The standard InChI is InChI=1S/C16H14ClNO2S/c17-10-1-4-16-12(7-10)13(5-6-21-16)18-11-2-3-14-15(8-11)20-9-19-14/h1-4,7-8,13,18H,5-6,9H2. The van der Waals surface area contributed by atoms with Gasteiger partial charge in [0.1, 0.15) is 0 Å². The van der Waals surface area contributed by atoms with Crippen molar-refractivity contribution >= 4 is 29.1 Å². The van der Waals surface area contributed by atoms with Gasteiger partial charge in [-0.15, -0.1) is 11.8 Å². The number of fused-ring (bicyclic) bond motifs is 2. The van der Waals surface area contributed by atoms with E-state index in [0.717, 1.165) is 34.4 Å². The zero-order valence-electron chi connectivity index (χ0n) is 11.3. The maximum atomic E-state index is 6.15. The van der Waals surface area contributed by atoms with E-state index in [1.165, 1.54) is 10.5 Å². The van der Waals surface area contributed by atoms with Crippen molar-refractivity contribution in [1.82, 2.24) is 0 Å². The van der Waals surface area contributed by atoms with Gasteiger partial charge in [-0.05, 0) is 42.3 Å². The molecule has 5 heteroatoms. The van der Waals surface area contributed by atoms with Crippen molar-refractivity contribution < 1.29 is 9.47 Å². The normalized spacial score (nSPS) is 19.2. The molecule has 0 spiro atoms. The summed E-state index contributed by atoms with van der Waals surface area (Å²) in [7, 11) is 0. The van der Waals surface area contributed by atoms with Crippen LogP contribution in [0.3, 0.4) is 0 Å². The molecule has 0 aliphatic carbocycles. The molecule has 2 aliphatic rings. The van der Waals surface area contributed by atoms with Gasteiger partial charge in [-0.2, -0.15) is 0 Å². The number of halogens is 1. The second-order valence-corrected chi connectivity index (χ2v) is 6.66. The predicted octanol–water partition coefficient (Wildman–Crippen LogP) is 4.72. The molecule has 0 amide bonds. The van der Waals surface area contributed by atoms with Crippen LogP contribution in [-0.4, -0.2) is 12.5 Å². The minimum Gasteiger partial charge on any atom is -0.454 e. The summed E-state index contributed by atoms with van der Waals surface area (Å²) in [5.41, 5.74) is 2.32. The van der Waals surface area contributed by atoms with Gasteiger partial charge in [-0.1, -0.05) is 11.6 Å². The molecular weight excluding hydrogens is 306 g/mol. The van der Waals surface area contributed by atoms with Gasteiger partial charge in [0.25, 0.3) is 0 Å². The molecule has 1 atom stereocenters. The first-order valence-electron chi connectivity index (χ1n) is 6.88. The molecule has 1 N–H and O–H groups in total. The van der Waals surface area contributed by atoms with Gasteiger partial charge < -0.3 is 14.8 Å².